The van der Waals surface area contributed by atoms with Gasteiger partial charge in [0.15, 0.2) is 0 Å². The number of nitrogens with zero attached hydrogens (tertiary/aromatic N) is 1. The van der Waals surface area contributed by atoms with Crippen LogP contribution < -0.4 is 11.1 Å². The Labute approximate surface area is 109 Å². The molecule has 0 bridgehead atoms. The third-order valence-electron chi connectivity index (χ3n) is 3.10. The van der Waals surface area contributed by atoms with E-state index in [1.807, 2.05) is 6.92 Å². The number of nitrogens with two attached hydrogens (primary N) is 1. The molecule has 4 nitrogen and oxygen atoms in total. The van der Waals surface area contributed by atoms with Crippen LogP contribution in [0.2, 0.25) is 0 Å². The zero-order valence-corrected chi connectivity index (χ0v) is 10.5. The molecule has 1 saturated heterocycles. The Hall–Kier alpha value is -1.50. The monoisotopic (exact) mass is 275 g/mol. The third-order valence-corrected chi connectivity index (χ3v) is 3.10. The number of nitrogen functional groups attached to an aromatic ring is 1. The molecule has 106 valence electrons. The SMILES string of the molecule is CC1(Nc2cc(C(F)(F)F)ncc2N)CCCOC1. The quantitative estimate of drug-likeness (QED) is 0.871. The Kier molecular flexibility index (Phi) is 3.58. The van der Waals surface area contributed by atoms with Gasteiger partial charge in [-0.25, -0.2) is 4.98 Å². The number of pyridine rings is 1. The van der Waals surface area contributed by atoms with Crippen LogP contribution in [0.1, 0.15) is 25.5 Å². The van der Waals surface area contributed by atoms with Gasteiger partial charge in [0.1, 0.15) is 5.69 Å². The van der Waals surface area contributed by atoms with Gasteiger partial charge in [-0.15, -0.1) is 0 Å². The van der Waals surface area contributed by atoms with Gasteiger partial charge >= 0.3 is 6.18 Å². The van der Waals surface area contributed by atoms with Crippen molar-refractivity contribution in [3.05, 3.63) is 18.0 Å². The number of aromatic nitrogens is 1. The molecule has 0 aliphatic carbocycles. The van der Waals surface area contributed by atoms with Crippen molar-refractivity contribution in [3.8, 4) is 0 Å². The topological polar surface area (TPSA) is 60.2 Å². The summed E-state index contributed by atoms with van der Waals surface area (Å²) in [6, 6.07) is 0.940. The van der Waals surface area contributed by atoms with Crippen LogP contribution in [0.15, 0.2) is 12.3 Å². The first kappa shape index (κ1) is 13.9. The highest BCUT2D eigenvalue weighted by molar-refractivity contribution is 5.66. The summed E-state index contributed by atoms with van der Waals surface area (Å²) in [4.78, 5) is 3.30. The fourth-order valence-corrected chi connectivity index (χ4v) is 2.09. The number of nitrogens with one attached hydrogen (secondary N) is 1. The predicted octanol–water partition coefficient (Wildman–Crippen LogP) is 2.66. The second-order valence-corrected chi connectivity index (χ2v) is 5.00. The number of rotatable bonds is 2. The van der Waals surface area contributed by atoms with Crippen LogP contribution in [-0.2, 0) is 10.9 Å². The van der Waals surface area contributed by atoms with Gasteiger partial charge in [0.25, 0.3) is 0 Å². The number of ether oxygens (including phenoxy) is 1. The van der Waals surface area contributed by atoms with Gasteiger partial charge in [-0.2, -0.15) is 13.2 Å². The zero-order chi connectivity index (χ0) is 14.1. The second kappa shape index (κ2) is 4.88. The predicted molar refractivity (Wildman–Crippen MR) is 65.7 cm³/mol. The highest BCUT2D eigenvalue weighted by Crippen LogP contribution is 2.33. The number of anilines is 2. The molecule has 0 spiro atoms. The Morgan fingerprint density at radius 3 is 2.79 bits per heavy atom. The van der Waals surface area contributed by atoms with E-state index in [-0.39, 0.29) is 11.4 Å². The van der Waals surface area contributed by atoms with Crippen LogP contribution >= 0.6 is 0 Å². The minimum absolute atomic E-state index is 0.194. The van der Waals surface area contributed by atoms with Crippen molar-refractivity contribution in [3.63, 3.8) is 0 Å². The summed E-state index contributed by atoms with van der Waals surface area (Å²) in [6.07, 6.45) is -1.77. The maximum Gasteiger partial charge on any atom is 0.433 e. The number of alkyl halides is 3. The van der Waals surface area contributed by atoms with E-state index < -0.39 is 17.4 Å². The van der Waals surface area contributed by atoms with E-state index in [1.165, 1.54) is 0 Å². The molecule has 1 unspecified atom stereocenters. The molecule has 0 radical (unpaired) electrons. The second-order valence-electron chi connectivity index (χ2n) is 5.00. The van der Waals surface area contributed by atoms with Gasteiger partial charge < -0.3 is 15.8 Å². The first-order valence-electron chi connectivity index (χ1n) is 5.99. The highest BCUT2D eigenvalue weighted by atomic mass is 19.4. The van der Waals surface area contributed by atoms with Crippen molar-refractivity contribution in [2.24, 2.45) is 0 Å². The molecule has 1 aliphatic rings. The van der Waals surface area contributed by atoms with Crippen molar-refractivity contribution in [1.82, 2.24) is 4.98 Å². The average molecular weight is 275 g/mol. The summed E-state index contributed by atoms with van der Waals surface area (Å²) in [5.74, 6) is 0. The largest absolute Gasteiger partial charge is 0.433 e. The van der Waals surface area contributed by atoms with E-state index in [9.17, 15) is 13.2 Å². The van der Waals surface area contributed by atoms with E-state index in [4.69, 9.17) is 10.5 Å². The molecule has 0 saturated carbocycles. The smallest absolute Gasteiger partial charge is 0.396 e. The summed E-state index contributed by atoms with van der Waals surface area (Å²) in [5, 5.41) is 3.05. The van der Waals surface area contributed by atoms with Crippen LogP contribution in [0.25, 0.3) is 0 Å². The minimum atomic E-state index is -4.48. The van der Waals surface area contributed by atoms with Crippen molar-refractivity contribution in [2.45, 2.75) is 31.5 Å². The Morgan fingerprint density at radius 1 is 1.47 bits per heavy atom. The van der Waals surface area contributed by atoms with E-state index in [1.54, 1.807) is 0 Å². The van der Waals surface area contributed by atoms with Gasteiger partial charge in [0, 0.05) is 6.61 Å². The van der Waals surface area contributed by atoms with Gasteiger partial charge in [0.05, 0.1) is 29.7 Å². The van der Waals surface area contributed by atoms with Crippen molar-refractivity contribution >= 4 is 11.4 Å². The normalized spacial score (nSPS) is 24.2. The molecule has 1 atom stereocenters. The molecular weight excluding hydrogens is 259 g/mol. The molecule has 1 aliphatic heterocycles. The van der Waals surface area contributed by atoms with Gasteiger partial charge in [-0.1, -0.05) is 0 Å². The standard InChI is InChI=1S/C12H16F3N3O/c1-11(3-2-4-19-7-11)18-9-5-10(12(13,14)15)17-6-8(9)16/h5-6H,2-4,7,16H2,1H3,(H,17,18). The van der Waals surface area contributed by atoms with E-state index in [0.717, 1.165) is 25.1 Å². The number of halogens is 3. The van der Waals surface area contributed by atoms with Crippen LogP contribution in [0.4, 0.5) is 24.5 Å². The molecule has 1 aromatic heterocycles. The Balaban J connectivity index is 2.24. The summed E-state index contributed by atoms with van der Waals surface area (Å²) in [5.41, 5.74) is 4.76. The molecule has 3 N–H and O–H groups in total. The molecule has 0 amide bonds. The van der Waals surface area contributed by atoms with Crippen molar-refractivity contribution in [1.29, 1.82) is 0 Å². The minimum Gasteiger partial charge on any atom is -0.396 e. The maximum absolute atomic E-state index is 12.6. The lowest BCUT2D eigenvalue weighted by Crippen LogP contribution is -2.43. The Morgan fingerprint density at radius 2 is 2.21 bits per heavy atom. The third kappa shape index (κ3) is 3.28. The summed E-state index contributed by atoms with van der Waals surface area (Å²) in [6.45, 7) is 3.02. The van der Waals surface area contributed by atoms with Gasteiger partial charge in [-0.3, -0.25) is 0 Å². The van der Waals surface area contributed by atoms with Gasteiger partial charge in [0.2, 0.25) is 0 Å². The lowest BCUT2D eigenvalue weighted by atomic mass is 9.94. The lowest BCUT2D eigenvalue weighted by Gasteiger charge is -2.35. The summed E-state index contributed by atoms with van der Waals surface area (Å²) < 4.78 is 43.2. The highest BCUT2D eigenvalue weighted by Gasteiger charge is 2.34. The van der Waals surface area contributed by atoms with Gasteiger partial charge in [-0.05, 0) is 25.8 Å². The number of hydrogen-bond donors (Lipinski definition) is 2. The summed E-state index contributed by atoms with van der Waals surface area (Å²) >= 11 is 0. The van der Waals surface area contributed by atoms with Crippen LogP contribution in [0.3, 0.4) is 0 Å². The molecular formula is C12H16F3N3O. The van der Waals surface area contributed by atoms with E-state index in [0.29, 0.717) is 13.2 Å². The molecule has 2 heterocycles. The Bertz CT molecular complexity index is 456. The molecule has 0 aromatic carbocycles. The summed E-state index contributed by atoms with van der Waals surface area (Å²) in [7, 11) is 0. The van der Waals surface area contributed by atoms with Crippen LogP contribution in [0, 0.1) is 0 Å². The average Bonchev–Trinajstić information content (AvgIpc) is 2.31. The molecule has 1 aromatic rings. The lowest BCUT2D eigenvalue weighted by molar-refractivity contribution is -0.141. The molecule has 7 heteroatoms. The van der Waals surface area contributed by atoms with Crippen LogP contribution in [0.5, 0.6) is 0 Å². The first-order chi connectivity index (χ1) is 8.80. The molecule has 1 fully saturated rings. The fraction of sp³-hybridized carbons (Fsp3) is 0.583. The van der Waals surface area contributed by atoms with E-state index in [2.05, 4.69) is 10.3 Å². The van der Waals surface area contributed by atoms with E-state index >= 15 is 0 Å². The number of hydrogen-bond acceptors (Lipinski definition) is 4. The van der Waals surface area contributed by atoms with Crippen LogP contribution in [-0.4, -0.2) is 23.7 Å². The molecule has 19 heavy (non-hydrogen) atoms. The fourth-order valence-electron chi connectivity index (χ4n) is 2.09. The maximum atomic E-state index is 12.6. The van der Waals surface area contributed by atoms with Crippen molar-refractivity contribution in [2.75, 3.05) is 24.3 Å². The van der Waals surface area contributed by atoms with Crippen molar-refractivity contribution < 1.29 is 17.9 Å². The zero-order valence-electron chi connectivity index (χ0n) is 10.5. The first-order valence-corrected chi connectivity index (χ1v) is 5.99. The molecule has 2 rings (SSSR count).